The van der Waals surface area contributed by atoms with E-state index in [9.17, 15) is 19.6 Å². The number of methoxy groups -OCH3 is 1. The molecule has 1 amide bonds. The molecule has 35 heavy (non-hydrogen) atoms. The molecule has 2 aromatic heterocycles. The van der Waals surface area contributed by atoms with Crippen LogP contribution in [0.1, 0.15) is 41.9 Å². The second-order valence-corrected chi connectivity index (χ2v) is 8.00. The number of anilines is 1. The summed E-state index contributed by atoms with van der Waals surface area (Å²) in [5, 5.41) is 27.1. The van der Waals surface area contributed by atoms with Gasteiger partial charge in [0, 0.05) is 32.5 Å². The molecule has 0 bridgehead atoms. The smallest absolute Gasteiger partial charge is 0.255 e. The van der Waals surface area contributed by atoms with Crippen LogP contribution in [0.2, 0.25) is 0 Å². The summed E-state index contributed by atoms with van der Waals surface area (Å²) in [5.74, 6) is -0.222. The van der Waals surface area contributed by atoms with Gasteiger partial charge in [-0.1, -0.05) is 19.9 Å². The largest absolute Gasteiger partial charge is 0.389 e. The van der Waals surface area contributed by atoms with Gasteiger partial charge in [0.2, 0.25) is 0 Å². The SMILES string of the molecule is CC.COC1CCN(c2ccn(-c3cc(-c4c(F)cccc4C#N)nc4c3C(=O)NC4)n2)CC1O. The number of pyridine rings is 1. The minimum atomic E-state index is -0.637. The number of nitrogens with one attached hydrogen (secondary N) is 1. The number of rotatable bonds is 4. The predicted octanol–water partition coefficient (Wildman–Crippen LogP) is 2.80. The number of aliphatic hydroxyl groups excluding tert-OH is 1. The van der Waals surface area contributed by atoms with Crippen molar-refractivity contribution in [2.24, 2.45) is 0 Å². The van der Waals surface area contributed by atoms with Crippen molar-refractivity contribution >= 4 is 11.7 Å². The van der Waals surface area contributed by atoms with Crippen LogP contribution in [0.3, 0.4) is 0 Å². The Morgan fingerprint density at radius 1 is 1.29 bits per heavy atom. The predicted molar refractivity (Wildman–Crippen MR) is 128 cm³/mol. The van der Waals surface area contributed by atoms with Gasteiger partial charge in [0.15, 0.2) is 5.82 Å². The summed E-state index contributed by atoms with van der Waals surface area (Å²) < 4.78 is 21.5. The second kappa shape index (κ2) is 10.2. The third kappa shape index (κ3) is 4.48. The van der Waals surface area contributed by atoms with Gasteiger partial charge in [-0.2, -0.15) is 10.4 Å². The van der Waals surface area contributed by atoms with Crippen molar-refractivity contribution in [3.63, 3.8) is 0 Å². The fourth-order valence-corrected chi connectivity index (χ4v) is 4.41. The van der Waals surface area contributed by atoms with E-state index in [-0.39, 0.29) is 35.4 Å². The zero-order chi connectivity index (χ0) is 25.1. The molecule has 2 aliphatic rings. The highest BCUT2D eigenvalue weighted by Crippen LogP contribution is 2.32. The molecule has 10 heteroatoms. The van der Waals surface area contributed by atoms with Gasteiger partial charge >= 0.3 is 0 Å². The summed E-state index contributed by atoms with van der Waals surface area (Å²) in [5.41, 5.74) is 1.76. The van der Waals surface area contributed by atoms with E-state index in [4.69, 9.17) is 4.74 Å². The normalized spacial score (nSPS) is 18.9. The minimum Gasteiger partial charge on any atom is -0.389 e. The lowest BCUT2D eigenvalue weighted by molar-refractivity contribution is -0.0218. The molecule has 0 radical (unpaired) electrons. The first-order valence-corrected chi connectivity index (χ1v) is 11.5. The Morgan fingerprint density at radius 2 is 2.09 bits per heavy atom. The molecule has 0 aliphatic carbocycles. The van der Waals surface area contributed by atoms with Crippen molar-refractivity contribution < 1.29 is 19.0 Å². The van der Waals surface area contributed by atoms with E-state index < -0.39 is 11.9 Å². The summed E-state index contributed by atoms with van der Waals surface area (Å²) in [4.78, 5) is 19.0. The van der Waals surface area contributed by atoms with E-state index in [1.54, 1.807) is 30.1 Å². The Labute approximate surface area is 202 Å². The first-order chi connectivity index (χ1) is 17.0. The van der Waals surface area contributed by atoms with E-state index >= 15 is 0 Å². The zero-order valence-corrected chi connectivity index (χ0v) is 19.8. The Kier molecular flexibility index (Phi) is 7.10. The lowest BCUT2D eigenvalue weighted by Gasteiger charge is -2.35. The number of aliphatic hydroxyl groups is 1. The molecule has 0 saturated carbocycles. The van der Waals surface area contributed by atoms with Crippen molar-refractivity contribution in [3.8, 4) is 23.0 Å². The number of benzene rings is 1. The van der Waals surface area contributed by atoms with E-state index in [1.165, 1.54) is 18.2 Å². The van der Waals surface area contributed by atoms with Gasteiger partial charge in [-0.3, -0.25) is 4.79 Å². The van der Waals surface area contributed by atoms with Crippen LogP contribution in [0.5, 0.6) is 0 Å². The number of amides is 1. The van der Waals surface area contributed by atoms with Crippen LogP contribution >= 0.6 is 0 Å². The van der Waals surface area contributed by atoms with Crippen LogP contribution in [0.15, 0.2) is 36.5 Å². The van der Waals surface area contributed by atoms with Gasteiger partial charge in [-0.25, -0.2) is 14.1 Å². The molecule has 3 aromatic rings. The number of halogens is 1. The molecule has 1 fully saturated rings. The number of nitriles is 1. The minimum absolute atomic E-state index is 0.0838. The number of hydrogen-bond donors (Lipinski definition) is 2. The van der Waals surface area contributed by atoms with Crippen LogP contribution in [-0.4, -0.2) is 58.2 Å². The average Bonchev–Trinajstić information content (AvgIpc) is 3.52. The first kappa shape index (κ1) is 24.3. The van der Waals surface area contributed by atoms with Crippen molar-refractivity contribution in [3.05, 3.63) is 59.2 Å². The van der Waals surface area contributed by atoms with Crippen molar-refractivity contribution in [2.75, 3.05) is 25.1 Å². The highest BCUT2D eigenvalue weighted by Gasteiger charge is 2.30. The van der Waals surface area contributed by atoms with Crippen LogP contribution < -0.4 is 10.2 Å². The number of nitrogens with zero attached hydrogens (tertiary/aromatic N) is 5. The molecular weight excluding hydrogens is 451 g/mol. The van der Waals surface area contributed by atoms with Gasteiger partial charge < -0.3 is 20.1 Å². The highest BCUT2D eigenvalue weighted by atomic mass is 19.1. The molecule has 9 nitrogen and oxygen atoms in total. The maximum atomic E-state index is 14.7. The van der Waals surface area contributed by atoms with Gasteiger partial charge in [-0.15, -0.1) is 0 Å². The fourth-order valence-electron chi connectivity index (χ4n) is 4.41. The molecule has 2 aliphatic heterocycles. The topological polar surface area (TPSA) is 116 Å². The lowest BCUT2D eigenvalue weighted by Crippen LogP contribution is -2.47. The zero-order valence-electron chi connectivity index (χ0n) is 19.8. The van der Waals surface area contributed by atoms with Crippen molar-refractivity contribution in [2.45, 2.75) is 39.0 Å². The number of ether oxygens (including phenoxy) is 1. The molecule has 2 atom stereocenters. The molecule has 2 N–H and O–H groups in total. The number of aromatic nitrogens is 3. The molecule has 1 aromatic carbocycles. The number of β-amino-alcohol motifs (C(OH)–C–C–N with tert-alkyl or cyclic N) is 1. The van der Waals surface area contributed by atoms with Gasteiger partial charge in [0.05, 0.1) is 58.6 Å². The number of piperidine rings is 1. The average molecular weight is 479 g/mol. The molecule has 5 rings (SSSR count). The third-order valence-corrected chi connectivity index (χ3v) is 6.08. The van der Waals surface area contributed by atoms with Crippen LogP contribution in [0, 0.1) is 17.1 Å². The van der Waals surface area contributed by atoms with Crippen molar-refractivity contribution in [1.29, 1.82) is 5.26 Å². The van der Waals surface area contributed by atoms with Crippen LogP contribution in [0.25, 0.3) is 16.9 Å². The lowest BCUT2D eigenvalue weighted by atomic mass is 10.0. The molecule has 2 unspecified atom stereocenters. The van der Waals surface area contributed by atoms with E-state index in [2.05, 4.69) is 15.4 Å². The summed E-state index contributed by atoms with van der Waals surface area (Å²) in [7, 11) is 1.58. The molecule has 1 saturated heterocycles. The van der Waals surface area contributed by atoms with Crippen LogP contribution in [-0.2, 0) is 11.3 Å². The van der Waals surface area contributed by atoms with E-state index in [1.807, 2.05) is 24.8 Å². The molecule has 4 heterocycles. The summed E-state index contributed by atoms with van der Waals surface area (Å²) in [6.45, 7) is 5.24. The van der Waals surface area contributed by atoms with E-state index in [0.717, 1.165) is 0 Å². The fraction of sp³-hybridized carbons (Fsp3) is 0.360. The summed E-state index contributed by atoms with van der Waals surface area (Å²) >= 11 is 0. The summed E-state index contributed by atoms with van der Waals surface area (Å²) in [6, 6.07) is 9.64. The monoisotopic (exact) mass is 478 g/mol. The Hall–Kier alpha value is -3.81. The first-order valence-electron chi connectivity index (χ1n) is 11.5. The maximum Gasteiger partial charge on any atom is 0.255 e. The maximum absolute atomic E-state index is 14.7. The number of carbonyl (C=O) groups excluding carboxylic acids is 1. The molecular formula is C25H27FN6O3. The van der Waals surface area contributed by atoms with Gasteiger partial charge in [0.1, 0.15) is 5.82 Å². The van der Waals surface area contributed by atoms with Gasteiger partial charge in [0.25, 0.3) is 5.91 Å². The number of hydrogen-bond acceptors (Lipinski definition) is 7. The quantitative estimate of drug-likeness (QED) is 0.592. The molecule has 0 spiro atoms. The number of carbonyl (C=O) groups is 1. The van der Waals surface area contributed by atoms with Gasteiger partial charge in [-0.05, 0) is 24.6 Å². The summed E-state index contributed by atoms with van der Waals surface area (Å²) in [6.07, 6.45) is 1.52. The Bertz CT molecular complexity index is 1280. The third-order valence-electron chi connectivity index (χ3n) is 6.08. The van der Waals surface area contributed by atoms with Crippen LogP contribution in [0.4, 0.5) is 10.2 Å². The van der Waals surface area contributed by atoms with Crippen molar-refractivity contribution in [1.82, 2.24) is 20.1 Å². The standard InChI is InChI=1S/C23H21FN6O3.C2H6/c1-33-19-5-7-29(12-18(19)31)20-6-8-30(28-20)17-9-15(27-16-11-26-23(32)22(16)17)21-13(10-25)3-2-4-14(21)24;1-2/h2-4,6,8-9,18-19,31H,5,7,11-12H2,1H3,(H,26,32);1-2H3. The Morgan fingerprint density at radius 3 is 2.80 bits per heavy atom. The number of fused-ring (bicyclic) bond motifs is 1. The van der Waals surface area contributed by atoms with E-state index in [0.29, 0.717) is 42.3 Å². The highest BCUT2D eigenvalue weighted by molar-refractivity contribution is 6.01. The molecule has 182 valence electrons. The second-order valence-electron chi connectivity index (χ2n) is 8.00. The Balaban J connectivity index is 0.00000141.